The van der Waals surface area contributed by atoms with Crippen molar-refractivity contribution < 1.29 is 14.2 Å². The van der Waals surface area contributed by atoms with E-state index in [-0.39, 0.29) is 5.56 Å². The lowest BCUT2D eigenvalue weighted by atomic mass is 10.0. The van der Waals surface area contributed by atoms with Crippen molar-refractivity contribution in [1.82, 2.24) is 9.55 Å². The monoisotopic (exact) mass is 592 g/mol. The van der Waals surface area contributed by atoms with Crippen molar-refractivity contribution in [3.05, 3.63) is 135 Å². The molecule has 6 aromatic rings. The van der Waals surface area contributed by atoms with Crippen molar-refractivity contribution in [3.8, 4) is 34.8 Å². The number of aromatic nitrogens is 2. The Bertz CT molecular complexity index is 2210. The zero-order valence-corrected chi connectivity index (χ0v) is 25.8. The summed E-state index contributed by atoms with van der Waals surface area (Å²) >= 11 is 0. The fraction of sp³-hybridized carbons (Fsp3) is 0.128. The van der Waals surface area contributed by atoms with Gasteiger partial charge in [0.2, 0.25) is 5.75 Å². The van der Waals surface area contributed by atoms with Gasteiger partial charge in [0.1, 0.15) is 5.82 Å². The summed E-state index contributed by atoms with van der Waals surface area (Å²) in [4.78, 5) is 18.8. The normalized spacial score (nSPS) is 11.0. The van der Waals surface area contributed by atoms with E-state index in [1.807, 2.05) is 73.7 Å². The number of methoxy groups -OCH3 is 3. The first kappa shape index (κ1) is 29.3. The Labute approximate surface area is 262 Å². The second-order valence-electron chi connectivity index (χ2n) is 10.7. The van der Waals surface area contributed by atoms with Gasteiger partial charge in [-0.2, -0.15) is 0 Å². The molecule has 1 heterocycles. The highest BCUT2D eigenvalue weighted by atomic mass is 16.5. The molecule has 0 aliphatic carbocycles. The third-order valence-electron chi connectivity index (χ3n) is 7.70. The molecule has 0 saturated carbocycles. The number of para-hydroxylation sites is 1. The molecule has 0 aliphatic heterocycles. The average Bonchev–Trinajstić information content (AvgIpc) is 3.06. The lowest BCUT2D eigenvalue weighted by molar-refractivity contribution is 0.324. The largest absolute Gasteiger partial charge is 0.493 e. The van der Waals surface area contributed by atoms with Crippen LogP contribution in [0.2, 0.25) is 0 Å². The maximum atomic E-state index is 13.9. The van der Waals surface area contributed by atoms with E-state index in [0.717, 1.165) is 33.3 Å². The first-order chi connectivity index (χ1) is 21.9. The van der Waals surface area contributed by atoms with Crippen molar-refractivity contribution in [3.63, 3.8) is 0 Å². The van der Waals surface area contributed by atoms with Crippen molar-refractivity contribution in [2.24, 2.45) is 0 Å². The van der Waals surface area contributed by atoms with Gasteiger partial charge in [0.25, 0.3) is 5.56 Å². The first-order valence-electron chi connectivity index (χ1n) is 14.5. The third-order valence-corrected chi connectivity index (χ3v) is 7.70. The second kappa shape index (κ2) is 12.4. The van der Waals surface area contributed by atoms with E-state index in [1.165, 1.54) is 10.9 Å². The van der Waals surface area contributed by atoms with Gasteiger partial charge >= 0.3 is 0 Å². The molecule has 0 aliphatic rings. The van der Waals surface area contributed by atoms with E-state index in [2.05, 4.69) is 49.1 Å². The van der Waals surface area contributed by atoms with Crippen molar-refractivity contribution >= 4 is 33.8 Å². The van der Waals surface area contributed by atoms with Crippen LogP contribution in [-0.2, 0) is 0 Å². The van der Waals surface area contributed by atoms with Crippen LogP contribution in [0.5, 0.6) is 17.2 Å². The molecule has 6 heteroatoms. The third kappa shape index (κ3) is 5.89. The van der Waals surface area contributed by atoms with Gasteiger partial charge in [0, 0.05) is 11.1 Å². The van der Waals surface area contributed by atoms with Gasteiger partial charge in [-0.15, -0.1) is 0 Å². The smallest absolute Gasteiger partial charge is 0.266 e. The number of ether oxygens (including phenoxy) is 3. The highest BCUT2D eigenvalue weighted by molar-refractivity contribution is 5.84. The molecule has 0 unspecified atom stereocenters. The zero-order valence-electron chi connectivity index (χ0n) is 25.8. The number of rotatable bonds is 6. The number of aryl methyl sites for hydroxylation is 2. The van der Waals surface area contributed by atoms with Crippen LogP contribution in [0.25, 0.3) is 39.5 Å². The van der Waals surface area contributed by atoms with Crippen LogP contribution < -0.4 is 19.8 Å². The SMILES string of the molecule is COc1cc(/C=C/c2nc3ccccc3c(=O)n2-c2ccc(C#Cc3ccc4cc(C)ccc4c3)cc2C)cc(OC)c1OC. The molecule has 222 valence electrons. The van der Waals surface area contributed by atoms with E-state index in [4.69, 9.17) is 19.2 Å². The van der Waals surface area contributed by atoms with Crippen LogP contribution >= 0.6 is 0 Å². The van der Waals surface area contributed by atoms with E-state index in [9.17, 15) is 4.79 Å². The van der Waals surface area contributed by atoms with Crippen LogP contribution in [0.3, 0.4) is 0 Å². The molecular formula is C39H32N2O4. The lowest BCUT2D eigenvalue weighted by Crippen LogP contribution is -2.23. The maximum Gasteiger partial charge on any atom is 0.266 e. The Morgan fingerprint density at radius 1 is 0.711 bits per heavy atom. The van der Waals surface area contributed by atoms with E-state index < -0.39 is 0 Å². The Morgan fingerprint density at radius 3 is 2.09 bits per heavy atom. The zero-order chi connectivity index (χ0) is 31.5. The van der Waals surface area contributed by atoms with Gasteiger partial charge in [-0.3, -0.25) is 9.36 Å². The summed E-state index contributed by atoms with van der Waals surface area (Å²) in [5, 5.41) is 2.90. The minimum atomic E-state index is -0.154. The molecule has 0 atom stereocenters. The van der Waals surface area contributed by atoms with Gasteiger partial charge in [-0.1, -0.05) is 59.9 Å². The molecule has 0 bridgehead atoms. The van der Waals surface area contributed by atoms with Crippen molar-refractivity contribution in [1.29, 1.82) is 0 Å². The van der Waals surface area contributed by atoms with Crippen LogP contribution in [0, 0.1) is 25.7 Å². The quantitative estimate of drug-likeness (QED) is 0.185. The minimum absolute atomic E-state index is 0.154. The second-order valence-corrected chi connectivity index (χ2v) is 10.7. The van der Waals surface area contributed by atoms with Gasteiger partial charge in [-0.25, -0.2) is 4.98 Å². The van der Waals surface area contributed by atoms with Crippen molar-refractivity contribution in [2.45, 2.75) is 13.8 Å². The summed E-state index contributed by atoms with van der Waals surface area (Å²) in [5.41, 5.74) is 5.93. The van der Waals surface area contributed by atoms with Crippen LogP contribution in [0.1, 0.15) is 33.6 Å². The minimum Gasteiger partial charge on any atom is -0.493 e. The number of fused-ring (bicyclic) bond motifs is 2. The van der Waals surface area contributed by atoms with Crippen LogP contribution in [0.15, 0.2) is 95.8 Å². The highest BCUT2D eigenvalue weighted by Crippen LogP contribution is 2.38. The fourth-order valence-electron chi connectivity index (χ4n) is 5.43. The molecule has 5 aromatic carbocycles. The topological polar surface area (TPSA) is 62.6 Å². The van der Waals surface area contributed by atoms with Crippen LogP contribution in [0.4, 0.5) is 0 Å². The van der Waals surface area contributed by atoms with E-state index in [1.54, 1.807) is 32.0 Å². The average molecular weight is 593 g/mol. The molecule has 0 N–H and O–H groups in total. The Balaban J connectivity index is 1.41. The first-order valence-corrected chi connectivity index (χ1v) is 14.5. The molecule has 1 aromatic heterocycles. The Kier molecular flexibility index (Phi) is 8.09. The molecular weight excluding hydrogens is 560 g/mol. The summed E-state index contributed by atoms with van der Waals surface area (Å²) in [6.07, 6.45) is 3.69. The summed E-state index contributed by atoms with van der Waals surface area (Å²) in [6.45, 7) is 4.07. The summed E-state index contributed by atoms with van der Waals surface area (Å²) in [6, 6.07) is 29.6. The summed E-state index contributed by atoms with van der Waals surface area (Å²) in [5.74, 6) is 8.65. The van der Waals surface area contributed by atoms with E-state index >= 15 is 0 Å². The van der Waals surface area contributed by atoms with Crippen molar-refractivity contribution in [2.75, 3.05) is 21.3 Å². The predicted molar refractivity (Wildman–Crippen MR) is 182 cm³/mol. The number of hydrogen-bond donors (Lipinski definition) is 0. The molecule has 0 spiro atoms. The van der Waals surface area contributed by atoms with Gasteiger partial charge in [-0.05, 0) is 96.4 Å². The molecule has 6 rings (SSSR count). The maximum absolute atomic E-state index is 13.9. The summed E-state index contributed by atoms with van der Waals surface area (Å²) in [7, 11) is 4.72. The molecule has 0 fully saturated rings. The van der Waals surface area contributed by atoms with Crippen LogP contribution in [-0.4, -0.2) is 30.9 Å². The number of nitrogens with zero attached hydrogens (tertiary/aromatic N) is 2. The molecule has 45 heavy (non-hydrogen) atoms. The molecule has 6 nitrogen and oxygen atoms in total. The molecule has 0 saturated heterocycles. The van der Waals surface area contributed by atoms with Gasteiger partial charge in [0.05, 0.1) is 37.9 Å². The molecule has 0 amide bonds. The Morgan fingerprint density at radius 2 is 1.38 bits per heavy atom. The highest BCUT2D eigenvalue weighted by Gasteiger charge is 2.15. The number of benzene rings is 5. The van der Waals surface area contributed by atoms with Gasteiger partial charge < -0.3 is 14.2 Å². The fourth-order valence-corrected chi connectivity index (χ4v) is 5.43. The predicted octanol–water partition coefficient (Wildman–Crippen LogP) is 7.75. The number of hydrogen-bond acceptors (Lipinski definition) is 5. The summed E-state index contributed by atoms with van der Waals surface area (Å²) < 4.78 is 18.1. The Hall–Kier alpha value is -5.80. The molecule has 0 radical (unpaired) electrons. The van der Waals surface area contributed by atoms with E-state index in [0.29, 0.717) is 34.0 Å². The standard InChI is InChI=1S/C39H32N2O4/c1-25-10-16-31-22-28(13-17-30(31)20-25)12-11-27-14-18-34(26(2)21-27)41-37(40-33-9-7-6-8-32(33)39(41)42)19-15-29-23-35(43-3)38(45-5)36(24-29)44-4/h6-10,13-24H,1-5H3/b19-15+. The van der Waals surface area contributed by atoms with Gasteiger partial charge in [0.15, 0.2) is 11.5 Å². The lowest BCUT2D eigenvalue weighted by Gasteiger charge is -2.15.